The topological polar surface area (TPSA) is 39.7 Å². The number of hydrogen-bond donors (Lipinski definition) is 2. The minimum Gasteiger partial charge on any atom is -0.356 e. The maximum absolute atomic E-state index is 12.1. The van der Waals surface area contributed by atoms with E-state index in [0.29, 0.717) is 5.96 Å². The summed E-state index contributed by atoms with van der Waals surface area (Å²) in [6.45, 7) is 6.36. The van der Waals surface area contributed by atoms with Crippen LogP contribution in [0.1, 0.15) is 19.3 Å². The van der Waals surface area contributed by atoms with Gasteiger partial charge in [-0.3, -0.25) is 9.89 Å². The highest BCUT2D eigenvalue weighted by molar-refractivity contribution is 14.0. The number of likely N-dealkylation sites (tertiary alicyclic amines) is 1. The Labute approximate surface area is 141 Å². The van der Waals surface area contributed by atoms with Crippen LogP contribution in [0.2, 0.25) is 0 Å². The first-order chi connectivity index (χ1) is 9.44. The zero-order valence-corrected chi connectivity index (χ0v) is 14.6. The number of aliphatic imine (C=N–C) groups is 1. The van der Waals surface area contributed by atoms with Crippen molar-refractivity contribution in [3.8, 4) is 0 Å². The van der Waals surface area contributed by atoms with Crippen LogP contribution >= 0.6 is 24.0 Å². The van der Waals surface area contributed by atoms with Crippen LogP contribution in [-0.2, 0) is 0 Å². The molecule has 2 N–H and O–H groups in total. The highest BCUT2D eigenvalue weighted by Crippen LogP contribution is 2.18. The molecule has 1 aliphatic rings. The molecule has 1 fully saturated rings. The summed E-state index contributed by atoms with van der Waals surface area (Å²) in [4.78, 5) is 6.25. The van der Waals surface area contributed by atoms with Gasteiger partial charge in [0.1, 0.15) is 0 Å². The van der Waals surface area contributed by atoms with E-state index in [0.717, 1.165) is 32.5 Å². The molecule has 0 aromatic heterocycles. The van der Waals surface area contributed by atoms with E-state index in [9.17, 15) is 13.2 Å². The minimum absolute atomic E-state index is 0. The average molecular weight is 420 g/mol. The quantitative estimate of drug-likeness (QED) is 0.311. The van der Waals surface area contributed by atoms with Crippen LogP contribution in [0, 0.1) is 0 Å². The van der Waals surface area contributed by atoms with Gasteiger partial charge in [-0.15, -0.1) is 30.6 Å². The molecule has 124 valence electrons. The Kier molecular flexibility index (Phi) is 10.0. The molecule has 1 heterocycles. The van der Waals surface area contributed by atoms with E-state index >= 15 is 0 Å². The molecule has 0 aromatic rings. The van der Waals surface area contributed by atoms with Crippen molar-refractivity contribution in [3.05, 3.63) is 12.7 Å². The number of rotatable bonds is 5. The van der Waals surface area contributed by atoms with Gasteiger partial charge in [-0.2, -0.15) is 13.2 Å². The molecule has 8 heteroatoms. The Hall–Kier alpha value is -0.510. The van der Waals surface area contributed by atoms with E-state index in [-0.39, 0.29) is 36.6 Å². The fourth-order valence-corrected chi connectivity index (χ4v) is 2.15. The monoisotopic (exact) mass is 420 g/mol. The van der Waals surface area contributed by atoms with Gasteiger partial charge in [0.2, 0.25) is 0 Å². The molecule has 1 aliphatic heterocycles. The van der Waals surface area contributed by atoms with Gasteiger partial charge < -0.3 is 10.6 Å². The Bertz CT molecular complexity index is 326. The first-order valence-electron chi connectivity index (χ1n) is 6.82. The van der Waals surface area contributed by atoms with Gasteiger partial charge in [-0.1, -0.05) is 6.08 Å². The molecule has 0 spiro atoms. The highest BCUT2D eigenvalue weighted by atomic mass is 127. The van der Waals surface area contributed by atoms with Gasteiger partial charge >= 0.3 is 6.18 Å². The number of piperidine rings is 1. The van der Waals surface area contributed by atoms with E-state index < -0.39 is 12.6 Å². The number of hydrogen-bond acceptors (Lipinski definition) is 2. The van der Waals surface area contributed by atoms with Crippen LogP contribution in [0.4, 0.5) is 13.2 Å². The van der Waals surface area contributed by atoms with Gasteiger partial charge in [0, 0.05) is 39.3 Å². The molecule has 1 rings (SSSR count). The van der Waals surface area contributed by atoms with Gasteiger partial charge in [0.05, 0.1) is 6.42 Å². The lowest BCUT2D eigenvalue weighted by molar-refractivity contribution is -0.132. The lowest BCUT2D eigenvalue weighted by Gasteiger charge is -2.32. The van der Waals surface area contributed by atoms with Crippen molar-refractivity contribution in [2.75, 3.05) is 33.2 Å². The molecule has 0 aliphatic carbocycles. The Balaban J connectivity index is 0.00000400. The molecule has 21 heavy (non-hydrogen) atoms. The number of nitrogens with zero attached hydrogens (tertiary/aromatic N) is 2. The predicted molar refractivity (Wildman–Crippen MR) is 90.2 cm³/mol. The van der Waals surface area contributed by atoms with E-state index in [1.165, 1.54) is 0 Å². The SMILES string of the molecule is C=CCN1CCC(NC(=NC)NCCC(F)(F)F)CC1.I. The van der Waals surface area contributed by atoms with Crippen LogP contribution in [0.15, 0.2) is 17.6 Å². The van der Waals surface area contributed by atoms with Crippen molar-refractivity contribution in [3.63, 3.8) is 0 Å². The molecular weight excluding hydrogens is 396 g/mol. The van der Waals surface area contributed by atoms with E-state index in [4.69, 9.17) is 0 Å². The smallest absolute Gasteiger partial charge is 0.356 e. The van der Waals surface area contributed by atoms with Crippen LogP contribution in [0.5, 0.6) is 0 Å². The normalized spacial score (nSPS) is 18.0. The summed E-state index contributed by atoms with van der Waals surface area (Å²) in [6, 6.07) is 0.258. The minimum atomic E-state index is -4.14. The number of guanidine groups is 1. The Morgan fingerprint density at radius 2 is 2.00 bits per heavy atom. The zero-order chi connectivity index (χ0) is 15.0. The maximum Gasteiger partial charge on any atom is 0.390 e. The first kappa shape index (κ1) is 20.5. The summed E-state index contributed by atoms with van der Waals surface area (Å²) in [7, 11) is 1.57. The van der Waals surface area contributed by atoms with Gasteiger partial charge in [-0.25, -0.2) is 0 Å². The molecule has 0 bridgehead atoms. The summed E-state index contributed by atoms with van der Waals surface area (Å²) >= 11 is 0. The number of nitrogens with one attached hydrogen (secondary N) is 2. The van der Waals surface area contributed by atoms with Gasteiger partial charge in [0.25, 0.3) is 0 Å². The van der Waals surface area contributed by atoms with Crippen LogP contribution < -0.4 is 10.6 Å². The summed E-state index contributed by atoms with van der Waals surface area (Å²) in [5.41, 5.74) is 0. The fourth-order valence-electron chi connectivity index (χ4n) is 2.15. The third-order valence-electron chi connectivity index (χ3n) is 3.24. The lowest BCUT2D eigenvalue weighted by atomic mass is 10.1. The summed E-state index contributed by atoms with van der Waals surface area (Å²) in [6.07, 6.45) is -1.21. The van der Waals surface area contributed by atoms with Crippen molar-refractivity contribution >= 4 is 29.9 Å². The van der Waals surface area contributed by atoms with Crippen molar-refractivity contribution in [2.24, 2.45) is 4.99 Å². The average Bonchev–Trinajstić information content (AvgIpc) is 2.38. The third kappa shape index (κ3) is 9.18. The highest BCUT2D eigenvalue weighted by Gasteiger charge is 2.26. The largest absolute Gasteiger partial charge is 0.390 e. The molecular formula is C13H24F3IN4. The molecule has 0 amide bonds. The second-order valence-electron chi connectivity index (χ2n) is 4.87. The third-order valence-corrected chi connectivity index (χ3v) is 3.24. The standard InChI is InChI=1S/C13H23F3N4.HI/c1-3-8-20-9-4-11(5-10-20)19-12(17-2)18-7-6-13(14,15)16;/h3,11H,1,4-10H2,2H3,(H2,17,18,19);1H. The van der Waals surface area contributed by atoms with Crippen molar-refractivity contribution in [1.82, 2.24) is 15.5 Å². The number of halogens is 4. The molecule has 0 radical (unpaired) electrons. The molecule has 1 saturated heterocycles. The van der Waals surface area contributed by atoms with E-state index in [1.807, 2.05) is 6.08 Å². The molecule has 0 atom stereocenters. The molecule has 0 saturated carbocycles. The summed E-state index contributed by atoms with van der Waals surface area (Å²) < 4.78 is 36.2. The maximum atomic E-state index is 12.1. The first-order valence-corrected chi connectivity index (χ1v) is 6.82. The van der Waals surface area contributed by atoms with Crippen molar-refractivity contribution < 1.29 is 13.2 Å². The van der Waals surface area contributed by atoms with Gasteiger partial charge in [0.15, 0.2) is 5.96 Å². The zero-order valence-electron chi connectivity index (χ0n) is 12.2. The second-order valence-corrected chi connectivity index (χ2v) is 4.87. The lowest BCUT2D eigenvalue weighted by Crippen LogP contribution is -2.49. The van der Waals surface area contributed by atoms with Crippen molar-refractivity contribution in [2.45, 2.75) is 31.5 Å². The number of alkyl halides is 3. The van der Waals surface area contributed by atoms with Crippen LogP contribution in [0.25, 0.3) is 0 Å². The second kappa shape index (κ2) is 10.3. The fraction of sp³-hybridized carbons (Fsp3) is 0.769. The van der Waals surface area contributed by atoms with E-state index in [2.05, 4.69) is 27.1 Å². The van der Waals surface area contributed by atoms with Crippen LogP contribution in [0.3, 0.4) is 0 Å². The van der Waals surface area contributed by atoms with Crippen molar-refractivity contribution in [1.29, 1.82) is 0 Å². The summed E-state index contributed by atoms with van der Waals surface area (Å²) in [5, 5.41) is 5.87. The molecule has 0 unspecified atom stereocenters. The molecule has 4 nitrogen and oxygen atoms in total. The Morgan fingerprint density at radius 1 is 1.38 bits per heavy atom. The van der Waals surface area contributed by atoms with E-state index in [1.54, 1.807) is 7.05 Å². The van der Waals surface area contributed by atoms with Gasteiger partial charge in [-0.05, 0) is 12.8 Å². The summed E-state index contributed by atoms with van der Waals surface area (Å²) in [5.74, 6) is 0.441. The molecule has 0 aromatic carbocycles. The predicted octanol–water partition coefficient (Wildman–Crippen LogP) is 2.37. The van der Waals surface area contributed by atoms with Crippen LogP contribution in [-0.4, -0.2) is 56.3 Å². The Morgan fingerprint density at radius 3 is 2.48 bits per heavy atom.